The molecule has 19 heavy (non-hydrogen) atoms. The molecule has 0 bridgehead atoms. The van der Waals surface area contributed by atoms with E-state index in [0.29, 0.717) is 0 Å². The summed E-state index contributed by atoms with van der Waals surface area (Å²) in [6.45, 7) is 6.41. The number of hydrogen-bond acceptors (Lipinski definition) is 5. The lowest BCUT2D eigenvalue weighted by Gasteiger charge is -2.27. The summed E-state index contributed by atoms with van der Waals surface area (Å²) in [6.07, 6.45) is 1.81. The lowest BCUT2D eigenvalue weighted by atomic mass is 10.3. The zero-order valence-corrected chi connectivity index (χ0v) is 11.0. The van der Waals surface area contributed by atoms with Crippen LogP contribution >= 0.6 is 0 Å². The van der Waals surface area contributed by atoms with Gasteiger partial charge in [0, 0.05) is 39.3 Å². The fraction of sp³-hybridized carbons (Fsp3) is 0.429. The van der Waals surface area contributed by atoms with Gasteiger partial charge in [-0.1, -0.05) is 12.1 Å². The highest BCUT2D eigenvalue weighted by atomic mass is 15.2. The second-order valence-electron chi connectivity index (χ2n) is 4.76. The summed E-state index contributed by atoms with van der Waals surface area (Å²) in [5.74, 6) is 0.855. The molecule has 0 spiro atoms. The monoisotopic (exact) mass is 257 g/mol. The third kappa shape index (κ3) is 3.19. The van der Waals surface area contributed by atoms with E-state index in [1.165, 1.54) is 0 Å². The summed E-state index contributed by atoms with van der Waals surface area (Å²) in [5, 5.41) is 6.71. The van der Waals surface area contributed by atoms with Gasteiger partial charge in [0.05, 0.1) is 17.2 Å². The van der Waals surface area contributed by atoms with E-state index in [-0.39, 0.29) is 0 Å². The summed E-state index contributed by atoms with van der Waals surface area (Å²) in [4.78, 5) is 11.4. The Morgan fingerprint density at radius 1 is 1.16 bits per heavy atom. The highest BCUT2D eigenvalue weighted by Crippen LogP contribution is 2.10. The van der Waals surface area contributed by atoms with Crippen LogP contribution in [0.5, 0.6) is 0 Å². The van der Waals surface area contributed by atoms with Crippen LogP contribution < -0.4 is 10.6 Å². The average Bonchev–Trinajstić information content (AvgIpc) is 2.48. The zero-order chi connectivity index (χ0) is 12.9. The lowest BCUT2D eigenvalue weighted by Crippen LogP contribution is -2.45. The molecule has 0 radical (unpaired) electrons. The molecule has 0 saturated carbocycles. The van der Waals surface area contributed by atoms with E-state index < -0.39 is 0 Å². The number of para-hydroxylation sites is 2. The number of hydrogen-bond donors (Lipinski definition) is 2. The molecule has 100 valence electrons. The standard InChI is InChI=1S/C14H19N5/c1-2-4-13-12(3-1)17-11-14(18-13)16-7-10-19-8-5-15-6-9-19/h1-4,11,15H,5-10H2,(H,16,18). The molecule has 0 unspecified atom stereocenters. The van der Waals surface area contributed by atoms with Gasteiger partial charge in [0.25, 0.3) is 0 Å². The van der Waals surface area contributed by atoms with Gasteiger partial charge >= 0.3 is 0 Å². The number of rotatable bonds is 4. The SMILES string of the molecule is c1ccc2nc(NCCN3CCNCC3)cnc2c1. The summed E-state index contributed by atoms with van der Waals surface area (Å²) in [5.41, 5.74) is 1.88. The molecule has 3 rings (SSSR count). The van der Waals surface area contributed by atoms with Crippen molar-refractivity contribution in [3.05, 3.63) is 30.5 Å². The maximum atomic E-state index is 4.55. The van der Waals surface area contributed by atoms with Gasteiger partial charge in [-0.3, -0.25) is 9.88 Å². The largest absolute Gasteiger partial charge is 0.367 e. The van der Waals surface area contributed by atoms with Crippen molar-refractivity contribution in [1.82, 2.24) is 20.2 Å². The fourth-order valence-corrected chi connectivity index (χ4v) is 2.32. The highest BCUT2D eigenvalue weighted by Gasteiger charge is 2.08. The van der Waals surface area contributed by atoms with E-state index in [2.05, 4.69) is 25.5 Å². The average molecular weight is 257 g/mol. The van der Waals surface area contributed by atoms with Crippen LogP contribution in [0, 0.1) is 0 Å². The predicted molar refractivity (Wildman–Crippen MR) is 77.3 cm³/mol. The molecule has 1 fully saturated rings. The van der Waals surface area contributed by atoms with Crippen molar-refractivity contribution in [3.63, 3.8) is 0 Å². The van der Waals surface area contributed by atoms with Gasteiger partial charge in [0.2, 0.25) is 0 Å². The minimum absolute atomic E-state index is 0.855. The lowest BCUT2D eigenvalue weighted by molar-refractivity contribution is 0.249. The second kappa shape index (κ2) is 5.95. The predicted octanol–water partition coefficient (Wildman–Crippen LogP) is 0.947. The van der Waals surface area contributed by atoms with Crippen molar-refractivity contribution in [2.45, 2.75) is 0 Å². The molecule has 1 saturated heterocycles. The number of anilines is 1. The number of nitrogens with one attached hydrogen (secondary N) is 2. The summed E-state index contributed by atoms with van der Waals surface area (Å²) < 4.78 is 0. The second-order valence-corrected chi connectivity index (χ2v) is 4.76. The van der Waals surface area contributed by atoms with Crippen LogP contribution in [-0.2, 0) is 0 Å². The van der Waals surface area contributed by atoms with Gasteiger partial charge in [0.15, 0.2) is 0 Å². The summed E-state index contributed by atoms with van der Waals surface area (Å²) >= 11 is 0. The van der Waals surface area contributed by atoms with Gasteiger partial charge in [0.1, 0.15) is 5.82 Å². The van der Waals surface area contributed by atoms with Crippen LogP contribution in [0.1, 0.15) is 0 Å². The van der Waals surface area contributed by atoms with Crippen molar-refractivity contribution >= 4 is 16.9 Å². The highest BCUT2D eigenvalue weighted by molar-refractivity contribution is 5.75. The van der Waals surface area contributed by atoms with Crippen molar-refractivity contribution in [2.75, 3.05) is 44.6 Å². The van der Waals surface area contributed by atoms with Crippen LogP contribution in [0.4, 0.5) is 5.82 Å². The summed E-state index contributed by atoms with van der Waals surface area (Å²) in [6, 6.07) is 7.94. The summed E-state index contributed by atoms with van der Waals surface area (Å²) in [7, 11) is 0. The minimum Gasteiger partial charge on any atom is -0.367 e. The Bertz CT molecular complexity index is 536. The zero-order valence-electron chi connectivity index (χ0n) is 11.0. The normalized spacial score (nSPS) is 16.6. The Morgan fingerprint density at radius 2 is 1.95 bits per heavy atom. The fourth-order valence-electron chi connectivity index (χ4n) is 2.32. The van der Waals surface area contributed by atoms with E-state index in [1.807, 2.05) is 24.3 Å². The molecule has 5 nitrogen and oxygen atoms in total. The van der Waals surface area contributed by atoms with Gasteiger partial charge in [-0.2, -0.15) is 0 Å². The molecular weight excluding hydrogens is 238 g/mol. The Balaban J connectivity index is 1.56. The van der Waals surface area contributed by atoms with Crippen molar-refractivity contribution in [2.24, 2.45) is 0 Å². The number of nitrogens with zero attached hydrogens (tertiary/aromatic N) is 3. The van der Waals surface area contributed by atoms with E-state index in [1.54, 1.807) is 6.20 Å². The van der Waals surface area contributed by atoms with E-state index in [9.17, 15) is 0 Å². The first-order valence-electron chi connectivity index (χ1n) is 6.80. The van der Waals surface area contributed by atoms with Crippen molar-refractivity contribution in [3.8, 4) is 0 Å². The third-order valence-corrected chi connectivity index (χ3v) is 3.39. The van der Waals surface area contributed by atoms with E-state index in [0.717, 1.165) is 56.1 Å². The quantitative estimate of drug-likeness (QED) is 0.854. The number of piperazine rings is 1. The van der Waals surface area contributed by atoms with Gasteiger partial charge in [-0.15, -0.1) is 0 Å². The van der Waals surface area contributed by atoms with Gasteiger partial charge < -0.3 is 10.6 Å². The van der Waals surface area contributed by atoms with Crippen LogP contribution in [0.2, 0.25) is 0 Å². The Kier molecular flexibility index (Phi) is 3.86. The van der Waals surface area contributed by atoms with E-state index >= 15 is 0 Å². The van der Waals surface area contributed by atoms with Crippen molar-refractivity contribution < 1.29 is 0 Å². The molecule has 1 aliphatic rings. The van der Waals surface area contributed by atoms with Crippen LogP contribution in [0.25, 0.3) is 11.0 Å². The van der Waals surface area contributed by atoms with E-state index in [4.69, 9.17) is 0 Å². The molecule has 2 heterocycles. The molecule has 0 atom stereocenters. The Hall–Kier alpha value is -1.72. The molecule has 1 aromatic heterocycles. The number of fused-ring (bicyclic) bond motifs is 1. The molecule has 1 aromatic carbocycles. The smallest absolute Gasteiger partial charge is 0.145 e. The van der Waals surface area contributed by atoms with Crippen molar-refractivity contribution in [1.29, 1.82) is 0 Å². The molecule has 5 heteroatoms. The first kappa shape index (κ1) is 12.3. The molecule has 1 aliphatic heterocycles. The third-order valence-electron chi connectivity index (χ3n) is 3.39. The topological polar surface area (TPSA) is 53.1 Å². The number of benzene rings is 1. The molecule has 2 N–H and O–H groups in total. The Morgan fingerprint density at radius 3 is 2.79 bits per heavy atom. The molecular formula is C14H19N5. The molecule has 0 aliphatic carbocycles. The first-order chi connectivity index (χ1) is 9.42. The minimum atomic E-state index is 0.855. The van der Waals surface area contributed by atoms with Crippen LogP contribution in [-0.4, -0.2) is 54.1 Å². The molecule has 0 amide bonds. The van der Waals surface area contributed by atoms with Gasteiger partial charge in [-0.25, -0.2) is 4.98 Å². The van der Waals surface area contributed by atoms with Crippen LogP contribution in [0.3, 0.4) is 0 Å². The Labute approximate surface area is 113 Å². The van der Waals surface area contributed by atoms with Gasteiger partial charge in [-0.05, 0) is 12.1 Å². The maximum Gasteiger partial charge on any atom is 0.145 e. The number of aromatic nitrogens is 2. The maximum absolute atomic E-state index is 4.55. The first-order valence-corrected chi connectivity index (χ1v) is 6.80. The van der Waals surface area contributed by atoms with Crippen LogP contribution in [0.15, 0.2) is 30.5 Å². The molecule has 2 aromatic rings.